The number of methoxy groups -OCH3 is 1. The molecule has 2 rings (SSSR count). The summed E-state index contributed by atoms with van der Waals surface area (Å²) >= 11 is 0. The van der Waals surface area contributed by atoms with Crippen LogP contribution < -0.4 is 0 Å². The number of hydrogen-bond donors (Lipinski definition) is 0. The van der Waals surface area contributed by atoms with Gasteiger partial charge in [-0.05, 0) is 44.9 Å². The first-order valence-corrected chi connectivity index (χ1v) is 7.59. The van der Waals surface area contributed by atoms with Crippen LogP contribution in [0, 0.1) is 6.92 Å². The van der Waals surface area contributed by atoms with E-state index in [2.05, 4.69) is 9.72 Å². The van der Waals surface area contributed by atoms with Crippen molar-refractivity contribution >= 4 is 17.6 Å². The van der Waals surface area contributed by atoms with Crippen LogP contribution in [0.4, 0.5) is 4.79 Å². The normalized spacial score (nSPS) is 14.9. The lowest BCUT2D eigenvalue weighted by atomic mass is 10.0. The summed E-state index contributed by atoms with van der Waals surface area (Å²) in [6.45, 7) is 7.78. The van der Waals surface area contributed by atoms with Gasteiger partial charge in [0, 0.05) is 11.8 Å². The van der Waals surface area contributed by atoms with Gasteiger partial charge in [0.1, 0.15) is 17.9 Å². The van der Waals surface area contributed by atoms with E-state index >= 15 is 0 Å². The average molecular weight is 334 g/mol. The van der Waals surface area contributed by atoms with E-state index in [9.17, 15) is 9.59 Å². The topological polar surface area (TPSA) is 78.0 Å². The molecular formula is C17H22N2O5. The summed E-state index contributed by atoms with van der Waals surface area (Å²) in [4.78, 5) is 33.1. The Bertz CT molecular complexity index is 676. The van der Waals surface area contributed by atoms with Gasteiger partial charge in [-0.25, -0.2) is 14.6 Å². The third-order valence-corrected chi connectivity index (χ3v) is 3.33. The van der Waals surface area contributed by atoms with Gasteiger partial charge < -0.3 is 9.47 Å². The second kappa shape index (κ2) is 7.00. The molecular weight excluding hydrogens is 312 g/mol. The Morgan fingerprint density at radius 1 is 1.33 bits per heavy atom. The van der Waals surface area contributed by atoms with Crippen LogP contribution in [0.15, 0.2) is 18.3 Å². The van der Waals surface area contributed by atoms with Crippen LogP contribution in [0.1, 0.15) is 42.4 Å². The molecule has 0 aliphatic carbocycles. The van der Waals surface area contributed by atoms with Crippen molar-refractivity contribution in [1.82, 2.24) is 10.0 Å². The largest absolute Gasteiger partial charge is 0.464 e. The maximum absolute atomic E-state index is 12.0. The monoisotopic (exact) mass is 334 g/mol. The van der Waals surface area contributed by atoms with E-state index in [4.69, 9.17) is 9.57 Å². The first-order chi connectivity index (χ1) is 11.2. The first-order valence-electron chi connectivity index (χ1n) is 7.59. The molecule has 0 atom stereocenters. The fraction of sp³-hybridized carbons (Fsp3) is 0.471. The minimum atomic E-state index is -0.575. The first kappa shape index (κ1) is 17.9. The number of carbonyl (C=O) groups is 2. The summed E-state index contributed by atoms with van der Waals surface area (Å²) in [5, 5.41) is 1.18. The lowest BCUT2D eigenvalue weighted by Crippen LogP contribution is -2.39. The number of carbonyl (C=O) groups excluding carboxylic acids is 2. The second-order valence-corrected chi connectivity index (χ2v) is 6.42. The summed E-state index contributed by atoms with van der Waals surface area (Å²) < 4.78 is 9.92. The number of rotatable bonds is 2. The van der Waals surface area contributed by atoms with Crippen molar-refractivity contribution < 1.29 is 23.9 Å². The van der Waals surface area contributed by atoms with Crippen LogP contribution in [0.2, 0.25) is 0 Å². The van der Waals surface area contributed by atoms with Gasteiger partial charge in [0.05, 0.1) is 13.7 Å². The van der Waals surface area contributed by atoms with E-state index in [1.54, 1.807) is 33.0 Å². The Morgan fingerprint density at radius 3 is 2.54 bits per heavy atom. The molecule has 130 valence electrons. The number of aryl methyl sites for hydroxylation is 1. The zero-order valence-corrected chi connectivity index (χ0v) is 14.6. The molecule has 0 fully saturated rings. The SMILES string of the molecule is COC(=O)c1cc(C)c(C2=CCN(C(=O)OC(C)(C)C)OC2)cn1. The maximum atomic E-state index is 12.0. The fourth-order valence-electron chi connectivity index (χ4n) is 2.19. The second-order valence-electron chi connectivity index (χ2n) is 6.42. The summed E-state index contributed by atoms with van der Waals surface area (Å²) in [6.07, 6.45) is 2.98. The highest BCUT2D eigenvalue weighted by Crippen LogP contribution is 2.23. The predicted octanol–water partition coefficient (Wildman–Crippen LogP) is 2.74. The highest BCUT2D eigenvalue weighted by Gasteiger charge is 2.25. The smallest absolute Gasteiger partial charge is 0.434 e. The molecule has 24 heavy (non-hydrogen) atoms. The van der Waals surface area contributed by atoms with E-state index in [1.807, 2.05) is 13.0 Å². The molecule has 1 amide bonds. The summed E-state index contributed by atoms with van der Waals surface area (Å²) in [5.74, 6) is -0.477. The van der Waals surface area contributed by atoms with Crippen LogP contribution >= 0.6 is 0 Å². The van der Waals surface area contributed by atoms with E-state index in [0.29, 0.717) is 0 Å². The van der Waals surface area contributed by atoms with Gasteiger partial charge in [-0.2, -0.15) is 5.06 Å². The molecule has 0 bridgehead atoms. The quantitative estimate of drug-likeness (QED) is 0.774. The molecule has 0 N–H and O–H groups in total. The van der Waals surface area contributed by atoms with Crippen LogP contribution in [0.5, 0.6) is 0 Å². The number of ether oxygens (including phenoxy) is 2. The molecule has 1 aromatic rings. The van der Waals surface area contributed by atoms with Crippen LogP contribution in [0.25, 0.3) is 5.57 Å². The van der Waals surface area contributed by atoms with Crippen molar-refractivity contribution in [3.63, 3.8) is 0 Å². The molecule has 0 saturated heterocycles. The van der Waals surface area contributed by atoms with Crippen molar-refractivity contribution in [3.8, 4) is 0 Å². The molecule has 0 unspecified atom stereocenters. The minimum absolute atomic E-state index is 0.222. The molecule has 7 nitrogen and oxygen atoms in total. The maximum Gasteiger partial charge on any atom is 0.434 e. The average Bonchev–Trinajstić information content (AvgIpc) is 2.52. The van der Waals surface area contributed by atoms with Crippen molar-refractivity contribution in [3.05, 3.63) is 35.2 Å². The van der Waals surface area contributed by atoms with Crippen LogP contribution in [0.3, 0.4) is 0 Å². The van der Waals surface area contributed by atoms with Crippen LogP contribution in [-0.4, -0.2) is 48.0 Å². The lowest BCUT2D eigenvalue weighted by Gasteiger charge is -2.29. The standard InChI is InChI=1S/C17H22N2O5/c1-11-8-14(15(20)22-5)18-9-13(11)12-6-7-19(23-10-12)16(21)24-17(2,3)4/h6,8-9H,7,10H2,1-5H3. The van der Waals surface area contributed by atoms with Crippen molar-refractivity contribution in [1.29, 1.82) is 0 Å². The number of hydroxylamine groups is 2. The van der Waals surface area contributed by atoms with E-state index < -0.39 is 17.7 Å². The van der Waals surface area contributed by atoms with E-state index in [1.165, 1.54) is 12.2 Å². The summed E-state index contributed by atoms with van der Waals surface area (Å²) in [5.41, 5.74) is 2.33. The van der Waals surface area contributed by atoms with Crippen molar-refractivity contribution in [2.45, 2.75) is 33.3 Å². The van der Waals surface area contributed by atoms with E-state index in [-0.39, 0.29) is 18.8 Å². The van der Waals surface area contributed by atoms with Gasteiger partial charge in [-0.15, -0.1) is 0 Å². The third-order valence-electron chi connectivity index (χ3n) is 3.33. The van der Waals surface area contributed by atoms with E-state index in [0.717, 1.165) is 16.7 Å². The van der Waals surface area contributed by atoms with Crippen molar-refractivity contribution in [2.75, 3.05) is 20.3 Å². The fourth-order valence-corrected chi connectivity index (χ4v) is 2.19. The third kappa shape index (κ3) is 4.32. The summed E-state index contributed by atoms with van der Waals surface area (Å²) in [6, 6.07) is 1.67. The van der Waals surface area contributed by atoms with Gasteiger partial charge in [0.25, 0.3) is 0 Å². The molecule has 0 saturated carbocycles. The molecule has 7 heteroatoms. The Morgan fingerprint density at radius 2 is 2.04 bits per heavy atom. The Labute approximate surface area is 141 Å². The molecule has 2 heterocycles. The van der Waals surface area contributed by atoms with Gasteiger partial charge in [-0.3, -0.25) is 4.84 Å². The molecule has 0 radical (unpaired) electrons. The van der Waals surface area contributed by atoms with Crippen molar-refractivity contribution in [2.24, 2.45) is 0 Å². The predicted molar refractivity (Wildman–Crippen MR) is 87.2 cm³/mol. The zero-order valence-electron chi connectivity index (χ0n) is 14.6. The van der Waals surface area contributed by atoms with Gasteiger partial charge in [0.2, 0.25) is 0 Å². The number of nitrogens with zero attached hydrogens (tertiary/aromatic N) is 2. The van der Waals surface area contributed by atoms with Gasteiger partial charge in [0.15, 0.2) is 0 Å². The minimum Gasteiger partial charge on any atom is -0.464 e. The number of hydrogen-bond acceptors (Lipinski definition) is 6. The number of aromatic nitrogens is 1. The lowest BCUT2D eigenvalue weighted by molar-refractivity contribution is -0.133. The molecule has 0 spiro atoms. The molecule has 0 aromatic carbocycles. The Hall–Kier alpha value is -2.41. The van der Waals surface area contributed by atoms with Crippen LogP contribution in [-0.2, 0) is 14.3 Å². The summed E-state index contributed by atoms with van der Waals surface area (Å²) in [7, 11) is 1.32. The molecule has 1 aliphatic rings. The molecule has 1 aliphatic heterocycles. The highest BCUT2D eigenvalue weighted by molar-refractivity contribution is 5.88. The number of pyridine rings is 1. The molecule has 1 aromatic heterocycles. The number of esters is 1. The van der Waals surface area contributed by atoms with Gasteiger partial charge >= 0.3 is 12.1 Å². The highest BCUT2D eigenvalue weighted by atomic mass is 16.7. The Balaban J connectivity index is 2.10. The zero-order chi connectivity index (χ0) is 17.9. The Kier molecular flexibility index (Phi) is 5.23. The van der Waals surface area contributed by atoms with Gasteiger partial charge in [-0.1, -0.05) is 6.08 Å². The number of amides is 1.